The van der Waals surface area contributed by atoms with Gasteiger partial charge in [-0.1, -0.05) is 36.7 Å². The highest BCUT2D eigenvalue weighted by molar-refractivity contribution is 6.32. The van der Waals surface area contributed by atoms with E-state index >= 15 is 0 Å². The van der Waals surface area contributed by atoms with Gasteiger partial charge < -0.3 is 10.2 Å². The highest BCUT2D eigenvalue weighted by Crippen LogP contribution is 2.33. The topological polar surface area (TPSA) is 69.7 Å². The SMILES string of the molecule is CC1CCN(C(=O)CN2C(=O)N[C@@](C)(c3ccccc3Cl)C2=O)CC1. The zero-order chi connectivity index (χ0) is 18.2. The molecule has 0 unspecified atom stereocenters. The third-order valence-electron chi connectivity index (χ3n) is 5.12. The summed E-state index contributed by atoms with van der Waals surface area (Å²) in [6.07, 6.45) is 1.90. The van der Waals surface area contributed by atoms with Crippen molar-refractivity contribution >= 4 is 29.4 Å². The first-order chi connectivity index (χ1) is 11.8. The van der Waals surface area contributed by atoms with Gasteiger partial charge in [0.1, 0.15) is 12.1 Å². The fraction of sp³-hybridized carbons (Fsp3) is 0.500. The van der Waals surface area contributed by atoms with Gasteiger partial charge in [0.05, 0.1) is 0 Å². The summed E-state index contributed by atoms with van der Waals surface area (Å²) in [5.74, 6) is -0.0487. The molecule has 1 aromatic carbocycles. The predicted octanol–water partition coefficient (Wildman–Crippen LogP) is 2.37. The van der Waals surface area contributed by atoms with E-state index < -0.39 is 17.5 Å². The van der Waals surface area contributed by atoms with Gasteiger partial charge >= 0.3 is 6.03 Å². The van der Waals surface area contributed by atoms with E-state index in [2.05, 4.69) is 12.2 Å². The maximum atomic E-state index is 12.9. The number of amides is 4. The molecule has 4 amide bonds. The molecule has 25 heavy (non-hydrogen) atoms. The van der Waals surface area contributed by atoms with E-state index in [4.69, 9.17) is 11.6 Å². The lowest BCUT2D eigenvalue weighted by Gasteiger charge is -2.31. The molecule has 0 bridgehead atoms. The molecule has 0 saturated carbocycles. The molecule has 2 saturated heterocycles. The summed E-state index contributed by atoms with van der Waals surface area (Å²) in [4.78, 5) is 40.4. The molecule has 6 nitrogen and oxygen atoms in total. The van der Waals surface area contributed by atoms with Crippen LogP contribution >= 0.6 is 11.6 Å². The maximum Gasteiger partial charge on any atom is 0.325 e. The number of hydrogen-bond donors (Lipinski definition) is 1. The molecule has 2 fully saturated rings. The number of piperidine rings is 1. The summed E-state index contributed by atoms with van der Waals surface area (Å²) < 4.78 is 0. The summed E-state index contributed by atoms with van der Waals surface area (Å²) in [5.41, 5.74) is -0.733. The molecular formula is C18H22ClN3O3. The zero-order valence-corrected chi connectivity index (χ0v) is 15.2. The molecule has 7 heteroatoms. The first kappa shape index (κ1) is 17.7. The molecule has 0 radical (unpaired) electrons. The summed E-state index contributed by atoms with van der Waals surface area (Å²) in [5, 5.41) is 3.08. The van der Waals surface area contributed by atoms with E-state index in [-0.39, 0.29) is 12.5 Å². The lowest BCUT2D eigenvalue weighted by atomic mass is 9.92. The van der Waals surface area contributed by atoms with Crippen molar-refractivity contribution in [2.24, 2.45) is 5.92 Å². The standard InChI is InChI=1S/C18H22ClN3O3/c1-12-7-9-21(10-8-12)15(23)11-22-16(24)18(2,20-17(22)25)13-5-3-4-6-14(13)19/h3-6,12H,7-11H2,1-2H3,(H,20,25)/t18-/m0/s1. The van der Waals surface area contributed by atoms with Gasteiger partial charge in [-0.25, -0.2) is 4.79 Å². The lowest BCUT2D eigenvalue weighted by Crippen LogP contribution is -2.46. The van der Waals surface area contributed by atoms with Gasteiger partial charge in [0.15, 0.2) is 0 Å². The van der Waals surface area contributed by atoms with Crippen molar-refractivity contribution in [1.29, 1.82) is 0 Å². The van der Waals surface area contributed by atoms with E-state index in [1.165, 1.54) is 0 Å². The number of benzene rings is 1. The van der Waals surface area contributed by atoms with Gasteiger partial charge in [-0.2, -0.15) is 0 Å². The quantitative estimate of drug-likeness (QED) is 0.838. The van der Waals surface area contributed by atoms with Crippen molar-refractivity contribution in [2.45, 2.75) is 32.2 Å². The van der Waals surface area contributed by atoms with E-state index in [0.717, 1.165) is 17.7 Å². The minimum atomic E-state index is -1.26. The second kappa shape index (κ2) is 6.67. The van der Waals surface area contributed by atoms with Crippen LogP contribution in [0.3, 0.4) is 0 Å². The van der Waals surface area contributed by atoms with Crippen LogP contribution in [0.5, 0.6) is 0 Å². The monoisotopic (exact) mass is 363 g/mol. The molecule has 2 aliphatic heterocycles. The van der Waals surface area contributed by atoms with Crippen LogP contribution in [0.4, 0.5) is 4.79 Å². The van der Waals surface area contributed by atoms with Crippen LogP contribution < -0.4 is 5.32 Å². The van der Waals surface area contributed by atoms with E-state index in [1.807, 2.05) is 0 Å². The summed E-state index contributed by atoms with van der Waals surface area (Å²) in [6.45, 7) is 4.88. The Morgan fingerprint density at radius 3 is 2.56 bits per heavy atom. The Bertz CT molecular complexity index is 715. The normalized spacial score (nSPS) is 24.6. The lowest BCUT2D eigenvalue weighted by molar-refractivity contribution is -0.139. The van der Waals surface area contributed by atoms with Crippen LogP contribution in [0.2, 0.25) is 5.02 Å². The molecule has 0 spiro atoms. The second-order valence-electron chi connectivity index (χ2n) is 6.99. The number of hydrogen-bond acceptors (Lipinski definition) is 3. The van der Waals surface area contributed by atoms with Crippen molar-refractivity contribution in [3.8, 4) is 0 Å². The Kier molecular flexibility index (Phi) is 4.73. The summed E-state index contributed by atoms with van der Waals surface area (Å²) in [6, 6.07) is 6.33. The number of halogens is 1. The van der Waals surface area contributed by atoms with Gasteiger partial charge in [-0.3, -0.25) is 14.5 Å². The highest BCUT2D eigenvalue weighted by atomic mass is 35.5. The third kappa shape index (κ3) is 3.23. The first-order valence-corrected chi connectivity index (χ1v) is 8.87. The zero-order valence-electron chi connectivity index (χ0n) is 14.4. The molecule has 134 valence electrons. The van der Waals surface area contributed by atoms with Crippen LogP contribution in [0.1, 0.15) is 32.3 Å². The largest absolute Gasteiger partial charge is 0.341 e. The fourth-order valence-corrected chi connectivity index (χ4v) is 3.71. The number of imide groups is 1. The number of carbonyl (C=O) groups excluding carboxylic acids is 3. The Hall–Kier alpha value is -2.08. The maximum absolute atomic E-state index is 12.9. The van der Waals surface area contributed by atoms with Crippen LogP contribution in [-0.2, 0) is 15.1 Å². The molecule has 3 rings (SSSR count). The van der Waals surface area contributed by atoms with Gasteiger partial charge in [-0.05, 0) is 31.7 Å². The number of rotatable bonds is 3. The minimum Gasteiger partial charge on any atom is -0.341 e. The van der Waals surface area contributed by atoms with Crippen LogP contribution in [0.15, 0.2) is 24.3 Å². The van der Waals surface area contributed by atoms with Gasteiger partial charge in [-0.15, -0.1) is 0 Å². The van der Waals surface area contributed by atoms with Crippen LogP contribution in [-0.4, -0.2) is 47.3 Å². The molecule has 2 aliphatic rings. The number of urea groups is 1. The summed E-state index contributed by atoms with van der Waals surface area (Å²) >= 11 is 6.20. The van der Waals surface area contributed by atoms with E-state index in [1.54, 1.807) is 36.1 Å². The predicted molar refractivity (Wildman–Crippen MR) is 94.0 cm³/mol. The number of nitrogens with zero attached hydrogens (tertiary/aromatic N) is 2. The Labute approximate surface area is 152 Å². The summed E-state index contributed by atoms with van der Waals surface area (Å²) in [7, 11) is 0. The van der Waals surface area contributed by atoms with Crippen molar-refractivity contribution < 1.29 is 14.4 Å². The van der Waals surface area contributed by atoms with Crippen LogP contribution in [0.25, 0.3) is 0 Å². The first-order valence-electron chi connectivity index (χ1n) is 8.50. The molecule has 2 heterocycles. The molecule has 1 atom stereocenters. The third-order valence-corrected chi connectivity index (χ3v) is 5.45. The smallest absolute Gasteiger partial charge is 0.325 e. The Morgan fingerprint density at radius 1 is 1.28 bits per heavy atom. The molecular weight excluding hydrogens is 342 g/mol. The van der Waals surface area contributed by atoms with Crippen LogP contribution in [0, 0.1) is 5.92 Å². The number of carbonyl (C=O) groups is 3. The van der Waals surface area contributed by atoms with Gasteiger partial charge in [0.2, 0.25) is 5.91 Å². The molecule has 1 aromatic rings. The Balaban J connectivity index is 1.76. The minimum absolute atomic E-state index is 0.196. The average molecular weight is 364 g/mol. The second-order valence-corrected chi connectivity index (χ2v) is 7.40. The van der Waals surface area contributed by atoms with Crippen molar-refractivity contribution in [3.05, 3.63) is 34.9 Å². The van der Waals surface area contributed by atoms with Crippen molar-refractivity contribution in [3.63, 3.8) is 0 Å². The fourth-order valence-electron chi connectivity index (χ4n) is 3.38. The number of likely N-dealkylation sites (tertiary alicyclic amines) is 1. The van der Waals surface area contributed by atoms with E-state index in [0.29, 0.717) is 29.6 Å². The average Bonchev–Trinajstić information content (AvgIpc) is 2.80. The number of nitrogens with one attached hydrogen (secondary N) is 1. The van der Waals surface area contributed by atoms with Gasteiger partial charge in [0, 0.05) is 23.7 Å². The van der Waals surface area contributed by atoms with Crippen molar-refractivity contribution in [1.82, 2.24) is 15.1 Å². The highest BCUT2D eigenvalue weighted by Gasteiger charge is 2.50. The van der Waals surface area contributed by atoms with Gasteiger partial charge in [0.25, 0.3) is 5.91 Å². The Morgan fingerprint density at radius 2 is 1.92 bits per heavy atom. The molecule has 0 aliphatic carbocycles. The van der Waals surface area contributed by atoms with Crippen molar-refractivity contribution in [2.75, 3.05) is 19.6 Å². The molecule has 1 N–H and O–H groups in total. The van der Waals surface area contributed by atoms with E-state index in [9.17, 15) is 14.4 Å². The molecule has 0 aromatic heterocycles.